The molecule has 0 aliphatic rings. The van der Waals surface area contributed by atoms with E-state index in [1.54, 1.807) is 6.07 Å². The Morgan fingerprint density at radius 3 is 2.82 bits per heavy atom. The van der Waals surface area contributed by atoms with Crippen LogP contribution in [0.2, 0.25) is 0 Å². The highest BCUT2D eigenvalue weighted by Gasteiger charge is 2.08. The lowest BCUT2D eigenvalue weighted by Gasteiger charge is -2.09. The second kappa shape index (κ2) is 6.71. The van der Waals surface area contributed by atoms with E-state index in [1.807, 2.05) is 13.8 Å². The van der Waals surface area contributed by atoms with Crippen LogP contribution in [-0.2, 0) is 4.79 Å². The first kappa shape index (κ1) is 14.1. The number of amides is 1. The minimum Gasteiger partial charge on any atom is -0.326 e. The molecule has 0 bridgehead atoms. The molecule has 0 aliphatic carbocycles. The van der Waals surface area contributed by atoms with E-state index in [1.165, 1.54) is 6.07 Å². The summed E-state index contributed by atoms with van der Waals surface area (Å²) in [7, 11) is 0. The van der Waals surface area contributed by atoms with Crippen LogP contribution in [-0.4, -0.2) is 19.0 Å². The Kier molecular flexibility index (Phi) is 5.58. The third-order valence-corrected chi connectivity index (χ3v) is 2.93. The predicted octanol–water partition coefficient (Wildman–Crippen LogP) is 2.83. The van der Waals surface area contributed by atoms with Gasteiger partial charge in [-0.25, -0.2) is 4.39 Å². The summed E-state index contributed by atoms with van der Waals surface area (Å²) in [5.74, 6) is -0.492. The van der Waals surface area contributed by atoms with Crippen molar-refractivity contribution in [3.63, 3.8) is 0 Å². The van der Waals surface area contributed by atoms with E-state index in [-0.39, 0.29) is 11.7 Å². The number of nitrogens with one attached hydrogen (secondary N) is 2. The van der Waals surface area contributed by atoms with Crippen LogP contribution in [0.4, 0.5) is 10.1 Å². The summed E-state index contributed by atoms with van der Waals surface area (Å²) in [6.45, 7) is 5.26. The highest BCUT2D eigenvalue weighted by molar-refractivity contribution is 9.10. The lowest BCUT2D eigenvalue weighted by Crippen LogP contribution is -2.21. The van der Waals surface area contributed by atoms with Gasteiger partial charge in [0.1, 0.15) is 5.82 Å². The van der Waals surface area contributed by atoms with Crippen molar-refractivity contribution in [2.24, 2.45) is 0 Å². The molecular formula is C12H16BrFN2O. The lowest BCUT2D eigenvalue weighted by atomic mass is 10.2. The number of anilines is 1. The van der Waals surface area contributed by atoms with Gasteiger partial charge in [0.15, 0.2) is 0 Å². The number of hydrogen-bond donors (Lipinski definition) is 2. The fourth-order valence-corrected chi connectivity index (χ4v) is 1.83. The van der Waals surface area contributed by atoms with Gasteiger partial charge in [-0.15, -0.1) is 0 Å². The summed E-state index contributed by atoms with van der Waals surface area (Å²) in [6, 6.07) is 2.97. The Hall–Kier alpha value is -0.940. The highest BCUT2D eigenvalue weighted by atomic mass is 79.9. The number of aryl methyl sites for hydroxylation is 1. The van der Waals surface area contributed by atoms with Gasteiger partial charge in [-0.2, -0.15) is 0 Å². The molecule has 17 heavy (non-hydrogen) atoms. The van der Waals surface area contributed by atoms with Gasteiger partial charge in [0.25, 0.3) is 0 Å². The van der Waals surface area contributed by atoms with Crippen LogP contribution in [0.25, 0.3) is 0 Å². The maximum Gasteiger partial charge on any atom is 0.225 e. The molecule has 1 amide bonds. The smallest absolute Gasteiger partial charge is 0.225 e. The third-order valence-electron chi connectivity index (χ3n) is 2.32. The summed E-state index contributed by atoms with van der Waals surface area (Å²) < 4.78 is 13.7. The first-order valence-corrected chi connectivity index (χ1v) is 6.30. The fourth-order valence-electron chi connectivity index (χ4n) is 1.37. The van der Waals surface area contributed by atoms with Crippen molar-refractivity contribution in [3.8, 4) is 0 Å². The molecule has 0 unspecified atom stereocenters. The number of carbonyl (C=O) groups excluding carboxylic acids is 1. The molecule has 1 aromatic rings. The Labute approximate surface area is 109 Å². The van der Waals surface area contributed by atoms with Gasteiger partial charge in [-0.1, -0.05) is 6.92 Å². The van der Waals surface area contributed by atoms with Crippen molar-refractivity contribution in [2.45, 2.75) is 20.3 Å². The van der Waals surface area contributed by atoms with Crippen molar-refractivity contribution in [1.82, 2.24) is 5.32 Å². The van der Waals surface area contributed by atoms with Gasteiger partial charge < -0.3 is 10.6 Å². The van der Waals surface area contributed by atoms with E-state index in [4.69, 9.17) is 0 Å². The van der Waals surface area contributed by atoms with Gasteiger partial charge in [0.2, 0.25) is 5.91 Å². The van der Waals surface area contributed by atoms with E-state index in [0.29, 0.717) is 23.1 Å². The van der Waals surface area contributed by atoms with Crippen molar-refractivity contribution in [3.05, 3.63) is 28.0 Å². The number of benzene rings is 1. The third kappa shape index (κ3) is 4.44. The van der Waals surface area contributed by atoms with Crippen LogP contribution in [0.5, 0.6) is 0 Å². The SMILES string of the molecule is CCNCCC(=O)Nc1cc(F)c(Br)cc1C. The zero-order chi connectivity index (χ0) is 12.8. The van der Waals surface area contributed by atoms with Crippen LogP contribution in [0.3, 0.4) is 0 Å². The summed E-state index contributed by atoms with van der Waals surface area (Å²) in [5, 5.41) is 5.76. The molecular weight excluding hydrogens is 287 g/mol. The molecule has 1 aromatic carbocycles. The quantitative estimate of drug-likeness (QED) is 0.821. The second-order valence-electron chi connectivity index (χ2n) is 3.73. The van der Waals surface area contributed by atoms with Gasteiger partial charge in [0, 0.05) is 18.7 Å². The molecule has 0 aromatic heterocycles. The Morgan fingerprint density at radius 2 is 2.18 bits per heavy atom. The summed E-state index contributed by atoms with van der Waals surface area (Å²) in [4.78, 5) is 11.6. The topological polar surface area (TPSA) is 41.1 Å². The van der Waals surface area contributed by atoms with Crippen LogP contribution in [0.1, 0.15) is 18.9 Å². The van der Waals surface area contributed by atoms with Gasteiger partial charge >= 0.3 is 0 Å². The summed E-state index contributed by atoms with van der Waals surface area (Å²) in [6.07, 6.45) is 0.380. The summed E-state index contributed by atoms with van der Waals surface area (Å²) in [5.41, 5.74) is 1.35. The van der Waals surface area contributed by atoms with Crippen molar-refractivity contribution < 1.29 is 9.18 Å². The van der Waals surface area contributed by atoms with E-state index >= 15 is 0 Å². The van der Waals surface area contributed by atoms with E-state index in [2.05, 4.69) is 26.6 Å². The molecule has 5 heteroatoms. The Morgan fingerprint density at radius 1 is 1.47 bits per heavy atom. The molecule has 0 heterocycles. The first-order chi connectivity index (χ1) is 8.04. The fraction of sp³-hybridized carbons (Fsp3) is 0.417. The molecule has 94 valence electrons. The molecule has 2 N–H and O–H groups in total. The highest BCUT2D eigenvalue weighted by Crippen LogP contribution is 2.23. The first-order valence-electron chi connectivity index (χ1n) is 5.50. The van der Waals surface area contributed by atoms with Crippen LogP contribution >= 0.6 is 15.9 Å². The molecule has 0 radical (unpaired) electrons. The molecule has 0 saturated carbocycles. The standard InChI is InChI=1S/C12H16BrFN2O/c1-3-15-5-4-12(17)16-11-7-10(14)9(13)6-8(11)2/h6-7,15H,3-5H2,1-2H3,(H,16,17). The molecule has 3 nitrogen and oxygen atoms in total. The maximum atomic E-state index is 13.3. The second-order valence-corrected chi connectivity index (χ2v) is 4.59. The zero-order valence-corrected chi connectivity index (χ0v) is 11.5. The molecule has 0 saturated heterocycles. The van der Waals surface area contributed by atoms with Crippen LogP contribution < -0.4 is 10.6 Å². The van der Waals surface area contributed by atoms with E-state index in [9.17, 15) is 9.18 Å². The monoisotopic (exact) mass is 302 g/mol. The van der Waals surface area contributed by atoms with Gasteiger partial charge in [-0.05, 0) is 47.1 Å². The van der Waals surface area contributed by atoms with Gasteiger partial charge in [0.05, 0.1) is 4.47 Å². The molecule has 1 rings (SSSR count). The molecule has 0 spiro atoms. The summed E-state index contributed by atoms with van der Waals surface area (Å²) >= 11 is 3.10. The molecule has 0 atom stereocenters. The molecule has 0 aliphatic heterocycles. The minimum atomic E-state index is -0.377. The zero-order valence-electron chi connectivity index (χ0n) is 9.94. The number of carbonyl (C=O) groups is 1. The van der Waals surface area contributed by atoms with Crippen molar-refractivity contribution >= 4 is 27.5 Å². The molecule has 0 fully saturated rings. The van der Waals surface area contributed by atoms with Crippen LogP contribution in [0.15, 0.2) is 16.6 Å². The van der Waals surface area contributed by atoms with Crippen molar-refractivity contribution in [1.29, 1.82) is 0 Å². The Bertz CT molecular complexity index is 410. The average molecular weight is 303 g/mol. The minimum absolute atomic E-state index is 0.115. The normalized spacial score (nSPS) is 10.4. The maximum absolute atomic E-state index is 13.3. The average Bonchev–Trinajstić information content (AvgIpc) is 2.26. The largest absolute Gasteiger partial charge is 0.326 e. The Balaban J connectivity index is 2.62. The predicted molar refractivity (Wildman–Crippen MR) is 70.6 cm³/mol. The van der Waals surface area contributed by atoms with Crippen LogP contribution in [0, 0.1) is 12.7 Å². The number of hydrogen-bond acceptors (Lipinski definition) is 2. The van der Waals surface area contributed by atoms with E-state index in [0.717, 1.165) is 12.1 Å². The lowest BCUT2D eigenvalue weighted by molar-refractivity contribution is -0.116. The van der Waals surface area contributed by atoms with Gasteiger partial charge in [-0.3, -0.25) is 4.79 Å². The van der Waals surface area contributed by atoms with Crippen molar-refractivity contribution in [2.75, 3.05) is 18.4 Å². The number of rotatable bonds is 5. The van der Waals surface area contributed by atoms with E-state index < -0.39 is 0 Å². The number of halogens is 2.